The Balaban J connectivity index is 2.16. The minimum atomic E-state index is 0.299. The van der Waals surface area contributed by atoms with Crippen LogP contribution in [0.2, 0.25) is 0 Å². The van der Waals surface area contributed by atoms with Crippen molar-refractivity contribution < 1.29 is 4.74 Å². The summed E-state index contributed by atoms with van der Waals surface area (Å²) in [6.45, 7) is 9.42. The Kier molecular flexibility index (Phi) is 5.21. The molecule has 1 N–H and O–H groups in total. The Morgan fingerprint density at radius 3 is 2.70 bits per heavy atom. The highest BCUT2D eigenvalue weighted by molar-refractivity contribution is 5.38. The van der Waals surface area contributed by atoms with Gasteiger partial charge in [-0.25, -0.2) is 4.98 Å². The van der Waals surface area contributed by atoms with Crippen LogP contribution in [0.4, 0.5) is 5.82 Å². The maximum Gasteiger partial charge on any atom is 0.219 e. The zero-order chi connectivity index (χ0) is 14.5. The summed E-state index contributed by atoms with van der Waals surface area (Å²) in [5.41, 5.74) is 0. The van der Waals surface area contributed by atoms with E-state index in [4.69, 9.17) is 4.74 Å². The van der Waals surface area contributed by atoms with Crippen molar-refractivity contribution in [3.05, 3.63) is 11.9 Å². The normalized spacial score (nSPS) is 22.9. The van der Waals surface area contributed by atoms with Crippen LogP contribution in [0.3, 0.4) is 0 Å². The zero-order valence-electron chi connectivity index (χ0n) is 13.1. The first kappa shape index (κ1) is 15.1. The first-order valence-electron chi connectivity index (χ1n) is 7.89. The molecular formula is C16H27N3O. The third-order valence-electron chi connectivity index (χ3n) is 3.90. The van der Waals surface area contributed by atoms with Crippen LogP contribution in [0.25, 0.3) is 0 Å². The van der Waals surface area contributed by atoms with Gasteiger partial charge in [-0.3, -0.25) is 0 Å². The van der Waals surface area contributed by atoms with Crippen molar-refractivity contribution in [1.29, 1.82) is 0 Å². The average Bonchev–Trinajstić information content (AvgIpc) is 2.41. The smallest absolute Gasteiger partial charge is 0.219 e. The predicted molar refractivity (Wildman–Crippen MR) is 82.3 cm³/mol. The number of aromatic nitrogens is 2. The molecule has 0 bridgehead atoms. The van der Waals surface area contributed by atoms with Crippen LogP contribution >= 0.6 is 0 Å². The Bertz CT molecular complexity index is 434. The summed E-state index contributed by atoms with van der Waals surface area (Å²) in [6.07, 6.45) is 5.28. The van der Waals surface area contributed by atoms with E-state index in [0.29, 0.717) is 17.9 Å². The number of rotatable bonds is 5. The molecule has 1 saturated carbocycles. The SMILES string of the molecule is CCNc1cc(OC2CCCCC2C)nc(C(C)C)n1. The van der Waals surface area contributed by atoms with Crippen LogP contribution < -0.4 is 10.1 Å². The molecule has 1 aromatic rings. The summed E-state index contributed by atoms with van der Waals surface area (Å²) in [5.74, 6) is 3.36. The number of hydrogen-bond acceptors (Lipinski definition) is 4. The summed E-state index contributed by atoms with van der Waals surface area (Å²) in [6, 6.07) is 1.93. The molecule has 0 saturated heterocycles. The molecule has 1 aliphatic carbocycles. The molecular weight excluding hydrogens is 250 g/mol. The summed E-state index contributed by atoms with van der Waals surface area (Å²) in [5, 5.41) is 3.26. The second-order valence-electron chi connectivity index (χ2n) is 6.05. The minimum Gasteiger partial charge on any atom is -0.474 e. The molecule has 4 nitrogen and oxygen atoms in total. The predicted octanol–water partition coefficient (Wildman–Crippen LogP) is 3.99. The monoisotopic (exact) mass is 277 g/mol. The van der Waals surface area contributed by atoms with E-state index < -0.39 is 0 Å². The third kappa shape index (κ3) is 3.84. The maximum absolute atomic E-state index is 6.15. The van der Waals surface area contributed by atoms with Gasteiger partial charge in [-0.05, 0) is 32.1 Å². The third-order valence-corrected chi connectivity index (χ3v) is 3.90. The van der Waals surface area contributed by atoms with E-state index in [-0.39, 0.29) is 0 Å². The molecule has 20 heavy (non-hydrogen) atoms. The number of ether oxygens (including phenoxy) is 1. The maximum atomic E-state index is 6.15. The molecule has 112 valence electrons. The van der Waals surface area contributed by atoms with Gasteiger partial charge in [0.25, 0.3) is 0 Å². The van der Waals surface area contributed by atoms with Crippen LogP contribution in [0.5, 0.6) is 5.88 Å². The van der Waals surface area contributed by atoms with Gasteiger partial charge in [0.15, 0.2) is 0 Å². The van der Waals surface area contributed by atoms with Crippen molar-refractivity contribution in [2.24, 2.45) is 5.92 Å². The average molecular weight is 277 g/mol. The highest BCUT2D eigenvalue weighted by atomic mass is 16.5. The van der Waals surface area contributed by atoms with Crippen LogP contribution in [-0.2, 0) is 0 Å². The zero-order valence-corrected chi connectivity index (χ0v) is 13.1. The van der Waals surface area contributed by atoms with Crippen molar-refractivity contribution >= 4 is 5.82 Å². The quantitative estimate of drug-likeness (QED) is 0.884. The van der Waals surface area contributed by atoms with Gasteiger partial charge in [-0.1, -0.05) is 27.2 Å². The Morgan fingerprint density at radius 1 is 1.30 bits per heavy atom. The lowest BCUT2D eigenvalue weighted by molar-refractivity contribution is 0.0971. The topological polar surface area (TPSA) is 47.0 Å². The molecule has 0 amide bonds. The second kappa shape index (κ2) is 6.91. The van der Waals surface area contributed by atoms with Crippen molar-refractivity contribution in [2.45, 2.75) is 65.4 Å². The van der Waals surface area contributed by atoms with Gasteiger partial charge in [0, 0.05) is 18.5 Å². The van der Waals surface area contributed by atoms with E-state index in [9.17, 15) is 0 Å². The highest BCUT2D eigenvalue weighted by Crippen LogP contribution is 2.28. The Hall–Kier alpha value is -1.32. The summed E-state index contributed by atoms with van der Waals surface area (Å²) in [4.78, 5) is 9.10. The molecule has 0 radical (unpaired) electrons. The first-order valence-corrected chi connectivity index (χ1v) is 7.89. The van der Waals surface area contributed by atoms with Crippen LogP contribution in [0.15, 0.2) is 6.07 Å². The number of anilines is 1. The van der Waals surface area contributed by atoms with Crippen molar-refractivity contribution in [1.82, 2.24) is 9.97 Å². The number of nitrogens with zero attached hydrogens (tertiary/aromatic N) is 2. The largest absolute Gasteiger partial charge is 0.474 e. The van der Waals surface area contributed by atoms with E-state index in [2.05, 4.69) is 43.0 Å². The van der Waals surface area contributed by atoms with Gasteiger partial charge in [-0.15, -0.1) is 0 Å². The number of nitrogens with one attached hydrogen (secondary N) is 1. The van der Waals surface area contributed by atoms with Crippen molar-refractivity contribution in [3.8, 4) is 5.88 Å². The molecule has 1 heterocycles. The van der Waals surface area contributed by atoms with E-state index in [1.54, 1.807) is 0 Å². The lowest BCUT2D eigenvalue weighted by Crippen LogP contribution is -2.28. The minimum absolute atomic E-state index is 0.299. The van der Waals surface area contributed by atoms with Gasteiger partial charge in [0.05, 0.1) is 0 Å². The second-order valence-corrected chi connectivity index (χ2v) is 6.05. The van der Waals surface area contributed by atoms with Crippen LogP contribution in [0, 0.1) is 5.92 Å². The molecule has 1 fully saturated rings. The van der Waals surface area contributed by atoms with Crippen LogP contribution in [0.1, 0.15) is 65.1 Å². The lowest BCUT2D eigenvalue weighted by atomic mass is 9.88. The molecule has 1 aromatic heterocycles. The first-order chi connectivity index (χ1) is 9.60. The molecule has 2 atom stereocenters. The fourth-order valence-corrected chi connectivity index (χ4v) is 2.65. The molecule has 1 aliphatic rings. The summed E-state index contributed by atoms with van der Waals surface area (Å²) < 4.78 is 6.15. The van der Waals surface area contributed by atoms with Crippen molar-refractivity contribution in [3.63, 3.8) is 0 Å². The lowest BCUT2D eigenvalue weighted by Gasteiger charge is -2.29. The Morgan fingerprint density at radius 2 is 2.05 bits per heavy atom. The summed E-state index contributed by atoms with van der Waals surface area (Å²) >= 11 is 0. The number of hydrogen-bond donors (Lipinski definition) is 1. The van der Waals surface area contributed by atoms with Gasteiger partial charge >= 0.3 is 0 Å². The Labute approximate surface area is 122 Å². The standard InChI is InChI=1S/C16H27N3O/c1-5-17-14-10-15(19-16(18-14)11(2)3)20-13-9-7-6-8-12(13)4/h10-13H,5-9H2,1-4H3,(H,17,18,19). The van der Waals surface area contributed by atoms with E-state index >= 15 is 0 Å². The van der Waals surface area contributed by atoms with E-state index in [1.807, 2.05) is 6.07 Å². The molecule has 4 heteroatoms. The van der Waals surface area contributed by atoms with E-state index in [0.717, 1.165) is 30.5 Å². The molecule has 2 rings (SSSR count). The van der Waals surface area contributed by atoms with Gasteiger partial charge in [0.1, 0.15) is 17.7 Å². The van der Waals surface area contributed by atoms with Crippen molar-refractivity contribution in [2.75, 3.05) is 11.9 Å². The van der Waals surface area contributed by atoms with Gasteiger partial charge in [-0.2, -0.15) is 4.98 Å². The molecule has 0 spiro atoms. The van der Waals surface area contributed by atoms with Crippen LogP contribution in [-0.4, -0.2) is 22.6 Å². The highest BCUT2D eigenvalue weighted by Gasteiger charge is 2.23. The molecule has 2 unspecified atom stereocenters. The molecule has 0 aromatic carbocycles. The molecule has 0 aliphatic heterocycles. The summed E-state index contributed by atoms with van der Waals surface area (Å²) in [7, 11) is 0. The fraction of sp³-hybridized carbons (Fsp3) is 0.750. The van der Waals surface area contributed by atoms with Gasteiger partial charge in [0.2, 0.25) is 5.88 Å². The fourth-order valence-electron chi connectivity index (χ4n) is 2.65. The van der Waals surface area contributed by atoms with Gasteiger partial charge < -0.3 is 10.1 Å². The van der Waals surface area contributed by atoms with E-state index in [1.165, 1.54) is 19.3 Å².